The van der Waals surface area contributed by atoms with Crippen molar-refractivity contribution in [1.29, 1.82) is 0 Å². The number of amides is 1. The molecule has 2 atom stereocenters. The fraction of sp³-hybridized carbons (Fsp3) is 0.500. The zero-order valence-electron chi connectivity index (χ0n) is 11.0. The second-order valence-corrected chi connectivity index (χ2v) is 6.06. The zero-order chi connectivity index (χ0) is 14.0. The number of alkyl halides is 1. The van der Waals surface area contributed by atoms with Crippen LogP contribution in [0.3, 0.4) is 0 Å². The molecule has 2 rings (SSSR count). The highest BCUT2D eigenvalue weighted by atomic mass is 79.9. The standard InChI is InChI=1S/C14H17BrFNO2/c1-9-8-17(6-5-11(9)15)14(18)10-3-4-13(19-2)12(16)7-10/h3-4,7,9,11H,5-6,8H2,1-2H3. The molecule has 1 fully saturated rings. The Bertz CT molecular complexity index is 481. The molecule has 1 aliphatic rings. The topological polar surface area (TPSA) is 29.5 Å². The zero-order valence-corrected chi connectivity index (χ0v) is 12.6. The van der Waals surface area contributed by atoms with Gasteiger partial charge in [-0.15, -0.1) is 0 Å². The van der Waals surface area contributed by atoms with Gasteiger partial charge in [0.15, 0.2) is 11.6 Å². The van der Waals surface area contributed by atoms with Crippen molar-refractivity contribution in [3.63, 3.8) is 0 Å². The molecule has 0 radical (unpaired) electrons. The van der Waals surface area contributed by atoms with Gasteiger partial charge in [0.25, 0.3) is 5.91 Å². The molecule has 1 aromatic carbocycles. The summed E-state index contributed by atoms with van der Waals surface area (Å²) >= 11 is 3.60. The van der Waals surface area contributed by atoms with Gasteiger partial charge in [-0.1, -0.05) is 22.9 Å². The molecule has 0 aromatic heterocycles. The number of carbonyl (C=O) groups excluding carboxylic acids is 1. The van der Waals surface area contributed by atoms with Crippen LogP contribution < -0.4 is 4.74 Å². The fourth-order valence-corrected chi connectivity index (χ4v) is 2.66. The molecule has 1 heterocycles. The Balaban J connectivity index is 2.13. The summed E-state index contributed by atoms with van der Waals surface area (Å²) in [4.78, 5) is 14.5. The van der Waals surface area contributed by atoms with Gasteiger partial charge < -0.3 is 9.64 Å². The molecule has 1 amide bonds. The SMILES string of the molecule is COc1ccc(C(=O)N2CCC(Br)C(C)C2)cc1F. The summed E-state index contributed by atoms with van der Waals surface area (Å²) < 4.78 is 18.5. The normalized spacial score (nSPS) is 23.3. The van der Waals surface area contributed by atoms with E-state index in [9.17, 15) is 9.18 Å². The van der Waals surface area contributed by atoms with E-state index in [1.54, 1.807) is 11.0 Å². The lowest BCUT2D eigenvalue weighted by Gasteiger charge is -2.34. The molecule has 1 saturated heterocycles. The highest BCUT2D eigenvalue weighted by Gasteiger charge is 2.27. The van der Waals surface area contributed by atoms with Gasteiger partial charge >= 0.3 is 0 Å². The van der Waals surface area contributed by atoms with Crippen LogP contribution in [0.25, 0.3) is 0 Å². The van der Waals surface area contributed by atoms with Crippen LogP contribution in [0.5, 0.6) is 5.75 Å². The Labute approximate surface area is 120 Å². The number of piperidine rings is 1. The Hall–Kier alpha value is -1.10. The number of rotatable bonds is 2. The van der Waals surface area contributed by atoms with Crippen LogP contribution in [-0.4, -0.2) is 35.8 Å². The third-order valence-electron chi connectivity index (χ3n) is 3.49. The minimum absolute atomic E-state index is 0.118. The summed E-state index contributed by atoms with van der Waals surface area (Å²) in [6.45, 7) is 3.50. The Morgan fingerprint density at radius 2 is 2.26 bits per heavy atom. The molecule has 3 nitrogen and oxygen atoms in total. The van der Waals surface area contributed by atoms with E-state index in [0.717, 1.165) is 6.42 Å². The molecule has 0 spiro atoms. The van der Waals surface area contributed by atoms with Crippen molar-refractivity contribution in [2.75, 3.05) is 20.2 Å². The van der Waals surface area contributed by atoms with Crippen LogP contribution >= 0.6 is 15.9 Å². The maximum Gasteiger partial charge on any atom is 0.253 e. The minimum Gasteiger partial charge on any atom is -0.494 e. The third-order valence-corrected chi connectivity index (χ3v) is 4.85. The number of hydrogen-bond acceptors (Lipinski definition) is 2. The summed E-state index contributed by atoms with van der Waals surface area (Å²) in [6.07, 6.45) is 0.922. The van der Waals surface area contributed by atoms with Crippen LogP contribution in [0.4, 0.5) is 4.39 Å². The van der Waals surface area contributed by atoms with E-state index in [1.807, 2.05) is 0 Å². The molecular formula is C14H17BrFNO2. The van der Waals surface area contributed by atoms with Gasteiger partial charge in [-0.25, -0.2) is 4.39 Å². The lowest BCUT2D eigenvalue weighted by atomic mass is 9.99. The Kier molecular flexibility index (Phi) is 4.45. The molecule has 19 heavy (non-hydrogen) atoms. The number of ether oxygens (including phenoxy) is 1. The number of carbonyl (C=O) groups is 1. The molecular weight excluding hydrogens is 313 g/mol. The number of likely N-dealkylation sites (tertiary alicyclic amines) is 1. The quantitative estimate of drug-likeness (QED) is 0.780. The van der Waals surface area contributed by atoms with Crippen molar-refractivity contribution in [3.8, 4) is 5.75 Å². The number of benzene rings is 1. The predicted molar refractivity (Wildman–Crippen MR) is 75.4 cm³/mol. The van der Waals surface area contributed by atoms with Crippen LogP contribution in [0.1, 0.15) is 23.7 Å². The van der Waals surface area contributed by atoms with Crippen molar-refractivity contribution in [2.45, 2.75) is 18.2 Å². The number of hydrogen-bond donors (Lipinski definition) is 0. The average Bonchev–Trinajstić information content (AvgIpc) is 2.41. The van der Waals surface area contributed by atoms with E-state index >= 15 is 0 Å². The highest BCUT2D eigenvalue weighted by molar-refractivity contribution is 9.09. The summed E-state index contributed by atoms with van der Waals surface area (Å²) in [6, 6.07) is 4.34. The van der Waals surface area contributed by atoms with E-state index in [-0.39, 0.29) is 11.7 Å². The minimum atomic E-state index is -0.503. The van der Waals surface area contributed by atoms with Crippen molar-refractivity contribution in [1.82, 2.24) is 4.90 Å². The average molecular weight is 330 g/mol. The molecule has 1 aromatic rings. The van der Waals surface area contributed by atoms with E-state index in [2.05, 4.69) is 22.9 Å². The molecule has 2 unspecified atom stereocenters. The van der Waals surface area contributed by atoms with E-state index in [1.165, 1.54) is 19.2 Å². The summed E-state index contributed by atoms with van der Waals surface area (Å²) in [5, 5.41) is 0. The molecule has 0 saturated carbocycles. The van der Waals surface area contributed by atoms with Crippen LogP contribution in [0.15, 0.2) is 18.2 Å². The van der Waals surface area contributed by atoms with Crippen LogP contribution in [0, 0.1) is 11.7 Å². The van der Waals surface area contributed by atoms with Gasteiger partial charge in [-0.05, 0) is 30.5 Å². The first-order chi connectivity index (χ1) is 9.02. The lowest BCUT2D eigenvalue weighted by Crippen LogP contribution is -2.43. The number of halogens is 2. The smallest absolute Gasteiger partial charge is 0.253 e. The number of nitrogens with zero attached hydrogens (tertiary/aromatic N) is 1. The third kappa shape index (κ3) is 3.08. The maximum absolute atomic E-state index is 13.6. The summed E-state index contributed by atoms with van der Waals surface area (Å²) in [5.74, 6) is -0.0607. The van der Waals surface area contributed by atoms with E-state index in [0.29, 0.717) is 29.4 Å². The van der Waals surface area contributed by atoms with Gasteiger partial charge in [0.05, 0.1) is 7.11 Å². The largest absolute Gasteiger partial charge is 0.494 e. The molecule has 5 heteroatoms. The lowest BCUT2D eigenvalue weighted by molar-refractivity contribution is 0.0690. The van der Waals surface area contributed by atoms with Gasteiger partial charge in [-0.3, -0.25) is 4.79 Å². The highest BCUT2D eigenvalue weighted by Crippen LogP contribution is 2.25. The van der Waals surface area contributed by atoms with Crippen molar-refractivity contribution >= 4 is 21.8 Å². The van der Waals surface area contributed by atoms with Gasteiger partial charge in [-0.2, -0.15) is 0 Å². The number of methoxy groups -OCH3 is 1. The van der Waals surface area contributed by atoms with Gasteiger partial charge in [0.2, 0.25) is 0 Å². The first-order valence-corrected chi connectivity index (χ1v) is 7.21. The second kappa shape index (κ2) is 5.90. The molecule has 104 valence electrons. The van der Waals surface area contributed by atoms with Crippen molar-refractivity contribution in [3.05, 3.63) is 29.6 Å². The van der Waals surface area contributed by atoms with E-state index < -0.39 is 5.82 Å². The Morgan fingerprint density at radius 1 is 1.53 bits per heavy atom. The molecule has 0 aliphatic carbocycles. The fourth-order valence-electron chi connectivity index (χ4n) is 2.28. The van der Waals surface area contributed by atoms with Gasteiger partial charge in [0, 0.05) is 23.5 Å². The second-order valence-electron chi connectivity index (χ2n) is 4.88. The van der Waals surface area contributed by atoms with Crippen LogP contribution in [-0.2, 0) is 0 Å². The summed E-state index contributed by atoms with van der Waals surface area (Å²) in [5.41, 5.74) is 0.374. The molecule has 0 N–H and O–H groups in total. The maximum atomic E-state index is 13.6. The summed E-state index contributed by atoms with van der Waals surface area (Å²) in [7, 11) is 1.41. The first kappa shape index (κ1) is 14.3. The predicted octanol–water partition coefficient (Wildman–Crippen LogP) is 3.08. The Morgan fingerprint density at radius 3 is 2.84 bits per heavy atom. The molecule has 1 aliphatic heterocycles. The van der Waals surface area contributed by atoms with Crippen molar-refractivity contribution in [2.24, 2.45) is 5.92 Å². The van der Waals surface area contributed by atoms with Crippen LogP contribution in [0.2, 0.25) is 0 Å². The monoisotopic (exact) mass is 329 g/mol. The van der Waals surface area contributed by atoms with E-state index in [4.69, 9.17) is 4.74 Å². The first-order valence-electron chi connectivity index (χ1n) is 6.29. The molecule has 0 bridgehead atoms. The van der Waals surface area contributed by atoms with Crippen molar-refractivity contribution < 1.29 is 13.9 Å². The van der Waals surface area contributed by atoms with Gasteiger partial charge in [0.1, 0.15) is 0 Å².